The molecular formula is C22H27N3O6S. The van der Waals surface area contributed by atoms with Gasteiger partial charge in [-0.25, -0.2) is 8.42 Å². The van der Waals surface area contributed by atoms with Crippen molar-refractivity contribution in [3.8, 4) is 11.5 Å². The topological polar surface area (TPSA) is 105 Å². The Morgan fingerprint density at radius 3 is 2.09 bits per heavy atom. The van der Waals surface area contributed by atoms with E-state index in [0.29, 0.717) is 43.2 Å². The molecule has 10 heteroatoms. The normalized spacial score (nSPS) is 15.2. The van der Waals surface area contributed by atoms with Gasteiger partial charge in [-0.15, -0.1) is 0 Å². The first-order valence-corrected chi connectivity index (χ1v) is 11.6. The highest BCUT2D eigenvalue weighted by atomic mass is 32.2. The van der Waals surface area contributed by atoms with E-state index in [2.05, 4.69) is 4.72 Å². The number of piperazine rings is 1. The number of hydrogen-bond donors (Lipinski definition) is 1. The molecule has 172 valence electrons. The minimum Gasteiger partial charge on any atom is -0.497 e. The van der Waals surface area contributed by atoms with Gasteiger partial charge < -0.3 is 19.3 Å². The summed E-state index contributed by atoms with van der Waals surface area (Å²) in [5.41, 5.74) is 0.518. The Morgan fingerprint density at radius 2 is 1.50 bits per heavy atom. The van der Waals surface area contributed by atoms with Gasteiger partial charge in [0.05, 0.1) is 25.2 Å². The van der Waals surface area contributed by atoms with Crippen LogP contribution in [0.1, 0.15) is 17.3 Å². The van der Waals surface area contributed by atoms with Crippen molar-refractivity contribution in [3.05, 3.63) is 54.1 Å². The lowest BCUT2D eigenvalue weighted by molar-refractivity contribution is -0.134. The number of carbonyl (C=O) groups is 2. The lowest BCUT2D eigenvalue weighted by Crippen LogP contribution is -2.55. The van der Waals surface area contributed by atoms with E-state index in [1.165, 1.54) is 33.3 Å². The van der Waals surface area contributed by atoms with E-state index in [-0.39, 0.29) is 16.7 Å². The first-order valence-electron chi connectivity index (χ1n) is 10.1. The summed E-state index contributed by atoms with van der Waals surface area (Å²) in [7, 11) is -0.832. The molecule has 0 aliphatic carbocycles. The Hall–Kier alpha value is -3.11. The molecule has 1 saturated heterocycles. The second-order valence-corrected chi connectivity index (χ2v) is 9.08. The minimum atomic E-state index is -3.86. The van der Waals surface area contributed by atoms with Crippen LogP contribution < -0.4 is 14.2 Å². The summed E-state index contributed by atoms with van der Waals surface area (Å²) in [4.78, 5) is 28.8. The number of rotatable bonds is 7. The second kappa shape index (κ2) is 10.0. The molecule has 1 fully saturated rings. The highest BCUT2D eigenvalue weighted by Gasteiger charge is 2.30. The van der Waals surface area contributed by atoms with Crippen LogP contribution in [-0.2, 0) is 14.8 Å². The summed E-state index contributed by atoms with van der Waals surface area (Å²) in [6.07, 6.45) is 0. The lowest BCUT2D eigenvalue weighted by Gasteiger charge is -2.36. The van der Waals surface area contributed by atoms with Crippen molar-refractivity contribution >= 4 is 21.8 Å². The molecule has 32 heavy (non-hydrogen) atoms. The predicted octanol–water partition coefficient (Wildman–Crippen LogP) is 1.36. The number of carbonyl (C=O) groups excluding carboxylic acids is 2. The second-order valence-electron chi connectivity index (χ2n) is 7.37. The molecule has 1 heterocycles. The van der Waals surface area contributed by atoms with Crippen LogP contribution in [0.3, 0.4) is 0 Å². The van der Waals surface area contributed by atoms with Gasteiger partial charge >= 0.3 is 0 Å². The van der Waals surface area contributed by atoms with Gasteiger partial charge in [-0.3, -0.25) is 9.59 Å². The summed E-state index contributed by atoms with van der Waals surface area (Å²) in [6, 6.07) is 11.9. The monoisotopic (exact) mass is 461 g/mol. The molecule has 0 spiro atoms. The number of ether oxygens (including phenoxy) is 2. The maximum absolute atomic E-state index is 12.8. The maximum Gasteiger partial charge on any atom is 0.254 e. The largest absolute Gasteiger partial charge is 0.497 e. The Balaban J connectivity index is 1.57. The molecule has 2 aromatic carbocycles. The summed E-state index contributed by atoms with van der Waals surface area (Å²) >= 11 is 0. The Kier molecular flexibility index (Phi) is 7.37. The predicted molar refractivity (Wildman–Crippen MR) is 118 cm³/mol. The first kappa shape index (κ1) is 23.6. The van der Waals surface area contributed by atoms with E-state index in [1.807, 2.05) is 0 Å². The molecule has 1 N–H and O–H groups in total. The standard InChI is InChI=1S/C22H27N3O6S/c1-16(23-32(28,29)20-9-7-18(30-2)8-10-20)21(26)24-11-13-25(14-12-24)22(27)17-5-4-6-19(15-17)31-3/h4-10,15-16,23H,11-14H2,1-3H3/t16-/m0/s1. The van der Waals surface area contributed by atoms with Gasteiger partial charge in [0.2, 0.25) is 15.9 Å². The van der Waals surface area contributed by atoms with E-state index in [9.17, 15) is 18.0 Å². The number of nitrogens with one attached hydrogen (secondary N) is 1. The van der Waals surface area contributed by atoms with Crippen molar-refractivity contribution in [1.82, 2.24) is 14.5 Å². The molecule has 3 rings (SSSR count). The fraction of sp³-hybridized carbons (Fsp3) is 0.364. The molecule has 1 atom stereocenters. The molecule has 1 aliphatic heterocycles. The fourth-order valence-electron chi connectivity index (χ4n) is 3.45. The third-order valence-electron chi connectivity index (χ3n) is 5.27. The lowest BCUT2D eigenvalue weighted by atomic mass is 10.1. The van der Waals surface area contributed by atoms with Crippen molar-refractivity contribution in [2.75, 3.05) is 40.4 Å². The molecule has 9 nitrogen and oxygen atoms in total. The van der Waals surface area contributed by atoms with Crippen LogP contribution in [0.2, 0.25) is 0 Å². The number of nitrogens with zero attached hydrogens (tertiary/aromatic N) is 2. The van der Waals surface area contributed by atoms with E-state index in [0.717, 1.165) is 0 Å². The van der Waals surface area contributed by atoms with Crippen molar-refractivity contribution in [2.45, 2.75) is 17.9 Å². The Morgan fingerprint density at radius 1 is 0.906 bits per heavy atom. The van der Waals surface area contributed by atoms with Crippen LogP contribution in [0.15, 0.2) is 53.4 Å². The molecule has 1 aliphatic rings. The van der Waals surface area contributed by atoms with Crippen LogP contribution in [-0.4, -0.2) is 76.5 Å². The van der Waals surface area contributed by atoms with Gasteiger partial charge in [-0.05, 0) is 49.4 Å². The molecule has 0 saturated carbocycles. The molecule has 0 unspecified atom stereocenters. The zero-order chi connectivity index (χ0) is 23.3. The highest BCUT2D eigenvalue weighted by molar-refractivity contribution is 7.89. The minimum absolute atomic E-state index is 0.0478. The van der Waals surface area contributed by atoms with Crippen molar-refractivity contribution in [3.63, 3.8) is 0 Å². The van der Waals surface area contributed by atoms with Gasteiger partial charge in [0, 0.05) is 31.7 Å². The Labute approximate surface area is 188 Å². The van der Waals surface area contributed by atoms with Gasteiger partial charge in [-0.2, -0.15) is 4.72 Å². The third-order valence-corrected chi connectivity index (χ3v) is 6.82. The molecule has 0 radical (unpaired) electrons. The van der Waals surface area contributed by atoms with Crippen LogP contribution in [0.4, 0.5) is 0 Å². The van der Waals surface area contributed by atoms with Gasteiger partial charge in [0.25, 0.3) is 5.91 Å². The zero-order valence-corrected chi connectivity index (χ0v) is 19.1. The summed E-state index contributed by atoms with van der Waals surface area (Å²) < 4.78 is 37.8. The quantitative estimate of drug-likeness (QED) is 0.668. The average molecular weight is 462 g/mol. The first-order chi connectivity index (χ1) is 15.2. The van der Waals surface area contributed by atoms with Crippen LogP contribution >= 0.6 is 0 Å². The van der Waals surface area contributed by atoms with Crippen molar-refractivity contribution < 1.29 is 27.5 Å². The van der Waals surface area contributed by atoms with E-state index >= 15 is 0 Å². The fourth-order valence-corrected chi connectivity index (χ4v) is 4.65. The van der Waals surface area contributed by atoms with Gasteiger partial charge in [0.1, 0.15) is 11.5 Å². The molecular weight excluding hydrogens is 434 g/mol. The smallest absolute Gasteiger partial charge is 0.254 e. The van der Waals surface area contributed by atoms with Gasteiger partial charge in [-0.1, -0.05) is 6.07 Å². The van der Waals surface area contributed by atoms with Crippen LogP contribution in [0, 0.1) is 0 Å². The zero-order valence-electron chi connectivity index (χ0n) is 18.3. The summed E-state index contributed by atoms with van der Waals surface area (Å²) in [5, 5.41) is 0. The molecule has 0 aromatic heterocycles. The number of amides is 2. The summed E-state index contributed by atoms with van der Waals surface area (Å²) in [5.74, 6) is 0.664. The molecule has 2 amide bonds. The number of hydrogen-bond acceptors (Lipinski definition) is 6. The summed E-state index contributed by atoms with van der Waals surface area (Å²) in [6.45, 7) is 2.88. The average Bonchev–Trinajstić information content (AvgIpc) is 2.83. The number of methoxy groups -OCH3 is 2. The highest BCUT2D eigenvalue weighted by Crippen LogP contribution is 2.17. The number of benzene rings is 2. The third kappa shape index (κ3) is 5.38. The maximum atomic E-state index is 12.8. The van der Waals surface area contributed by atoms with Crippen molar-refractivity contribution in [1.29, 1.82) is 0 Å². The van der Waals surface area contributed by atoms with E-state index < -0.39 is 16.1 Å². The molecule has 2 aromatic rings. The Bertz CT molecular complexity index is 1060. The number of sulfonamides is 1. The van der Waals surface area contributed by atoms with E-state index in [4.69, 9.17) is 9.47 Å². The SMILES string of the molecule is COc1ccc(S(=O)(=O)N[C@@H](C)C(=O)N2CCN(C(=O)c3cccc(OC)c3)CC2)cc1. The van der Waals surface area contributed by atoms with Gasteiger partial charge in [0.15, 0.2) is 0 Å². The van der Waals surface area contributed by atoms with Crippen molar-refractivity contribution in [2.24, 2.45) is 0 Å². The van der Waals surface area contributed by atoms with Crippen LogP contribution in [0.25, 0.3) is 0 Å². The van der Waals surface area contributed by atoms with Crippen LogP contribution in [0.5, 0.6) is 11.5 Å². The van der Waals surface area contributed by atoms with E-state index in [1.54, 1.807) is 46.2 Å². The molecule has 0 bridgehead atoms.